The van der Waals surface area contributed by atoms with E-state index >= 15 is 0 Å². The Kier molecular flexibility index (Phi) is 2.86. The lowest BCUT2D eigenvalue weighted by Gasteiger charge is -1.99. The van der Waals surface area contributed by atoms with Crippen molar-refractivity contribution in [3.05, 3.63) is 31.9 Å². The summed E-state index contributed by atoms with van der Waals surface area (Å²) in [4.78, 5) is 0. The number of aromatic nitrogens is 4. The zero-order valence-corrected chi connectivity index (χ0v) is 10.9. The molecule has 0 saturated carbocycles. The SMILES string of the molecule is Ic1cnn(Cn2cc(I)cn2)c1. The van der Waals surface area contributed by atoms with Crippen molar-refractivity contribution in [3.63, 3.8) is 0 Å². The molecular weight excluding hydrogens is 394 g/mol. The Hall–Kier alpha value is -0.120. The van der Waals surface area contributed by atoms with Crippen molar-refractivity contribution < 1.29 is 0 Å². The average Bonchev–Trinajstić information content (AvgIpc) is 2.62. The van der Waals surface area contributed by atoms with Gasteiger partial charge in [-0.1, -0.05) is 0 Å². The van der Waals surface area contributed by atoms with Crippen LogP contribution in [0.25, 0.3) is 0 Å². The lowest BCUT2D eigenvalue weighted by Crippen LogP contribution is -2.08. The number of nitrogens with zero attached hydrogens (tertiary/aromatic N) is 4. The Labute approximate surface area is 103 Å². The van der Waals surface area contributed by atoms with Gasteiger partial charge >= 0.3 is 0 Å². The van der Waals surface area contributed by atoms with Crippen molar-refractivity contribution in [1.82, 2.24) is 19.6 Å². The maximum absolute atomic E-state index is 4.17. The van der Waals surface area contributed by atoms with Crippen molar-refractivity contribution >= 4 is 45.2 Å². The summed E-state index contributed by atoms with van der Waals surface area (Å²) in [6.07, 6.45) is 7.62. The Morgan fingerprint density at radius 2 is 1.46 bits per heavy atom. The first-order valence-electron chi connectivity index (χ1n) is 3.60. The molecule has 2 aromatic rings. The van der Waals surface area contributed by atoms with Gasteiger partial charge in [0.15, 0.2) is 0 Å². The second-order valence-corrected chi connectivity index (χ2v) is 5.03. The van der Waals surface area contributed by atoms with E-state index in [4.69, 9.17) is 0 Å². The zero-order valence-electron chi connectivity index (χ0n) is 6.56. The van der Waals surface area contributed by atoms with Crippen LogP contribution >= 0.6 is 45.2 Å². The molecule has 4 nitrogen and oxygen atoms in total. The van der Waals surface area contributed by atoms with Crippen LogP contribution in [-0.4, -0.2) is 19.6 Å². The summed E-state index contributed by atoms with van der Waals surface area (Å²) in [7, 11) is 0. The van der Waals surface area contributed by atoms with E-state index < -0.39 is 0 Å². The fourth-order valence-electron chi connectivity index (χ4n) is 0.980. The van der Waals surface area contributed by atoms with Crippen LogP contribution in [0.2, 0.25) is 0 Å². The van der Waals surface area contributed by atoms with Gasteiger partial charge in [0.2, 0.25) is 0 Å². The van der Waals surface area contributed by atoms with Crippen molar-refractivity contribution in [2.75, 3.05) is 0 Å². The molecule has 0 radical (unpaired) electrons. The van der Waals surface area contributed by atoms with E-state index in [1.807, 2.05) is 34.2 Å². The molecule has 0 fully saturated rings. The van der Waals surface area contributed by atoms with Crippen LogP contribution in [0.5, 0.6) is 0 Å². The van der Waals surface area contributed by atoms with Crippen LogP contribution in [0.15, 0.2) is 24.8 Å². The molecule has 0 aliphatic carbocycles. The van der Waals surface area contributed by atoms with Gasteiger partial charge in [-0.05, 0) is 45.2 Å². The molecule has 0 bridgehead atoms. The molecule has 68 valence electrons. The van der Waals surface area contributed by atoms with Crippen LogP contribution in [-0.2, 0) is 6.67 Å². The first-order chi connectivity index (χ1) is 6.24. The normalized spacial score (nSPS) is 10.6. The second kappa shape index (κ2) is 3.95. The molecule has 0 amide bonds. The van der Waals surface area contributed by atoms with Gasteiger partial charge in [0.05, 0.1) is 19.5 Å². The Morgan fingerprint density at radius 3 is 1.77 bits per heavy atom. The maximum atomic E-state index is 4.17. The highest BCUT2D eigenvalue weighted by atomic mass is 127. The van der Waals surface area contributed by atoms with E-state index in [1.165, 1.54) is 0 Å². The van der Waals surface area contributed by atoms with Gasteiger partial charge in [0, 0.05) is 12.4 Å². The van der Waals surface area contributed by atoms with Crippen LogP contribution in [0.3, 0.4) is 0 Å². The monoisotopic (exact) mass is 400 g/mol. The molecule has 0 unspecified atom stereocenters. The number of rotatable bonds is 2. The minimum absolute atomic E-state index is 0.673. The van der Waals surface area contributed by atoms with Gasteiger partial charge in [0.1, 0.15) is 6.67 Å². The van der Waals surface area contributed by atoms with E-state index in [0.29, 0.717) is 6.67 Å². The molecule has 0 spiro atoms. The first-order valence-corrected chi connectivity index (χ1v) is 5.76. The Morgan fingerprint density at radius 1 is 1.00 bits per heavy atom. The Balaban J connectivity index is 2.14. The predicted molar refractivity (Wildman–Crippen MR) is 65.3 cm³/mol. The average molecular weight is 400 g/mol. The van der Waals surface area contributed by atoms with E-state index in [0.717, 1.165) is 7.14 Å². The van der Waals surface area contributed by atoms with Gasteiger partial charge in [-0.2, -0.15) is 10.2 Å². The quantitative estimate of drug-likeness (QED) is 0.722. The van der Waals surface area contributed by atoms with E-state index in [2.05, 4.69) is 55.4 Å². The molecule has 0 aliphatic rings. The van der Waals surface area contributed by atoms with Gasteiger partial charge in [-0.15, -0.1) is 0 Å². The van der Waals surface area contributed by atoms with Crippen LogP contribution in [0.4, 0.5) is 0 Å². The molecule has 0 aromatic carbocycles. The van der Waals surface area contributed by atoms with E-state index in [9.17, 15) is 0 Å². The Bertz CT molecular complexity index is 368. The molecule has 13 heavy (non-hydrogen) atoms. The van der Waals surface area contributed by atoms with E-state index in [1.54, 1.807) is 0 Å². The van der Waals surface area contributed by atoms with Gasteiger partial charge in [0.25, 0.3) is 0 Å². The predicted octanol–water partition coefficient (Wildman–Crippen LogP) is 1.79. The third kappa shape index (κ3) is 2.42. The van der Waals surface area contributed by atoms with Crippen LogP contribution in [0, 0.1) is 7.14 Å². The standard InChI is InChI=1S/C7H6I2N4/c8-6-1-10-12(3-6)5-13-4-7(9)2-11-13/h1-4H,5H2. The molecule has 2 aromatic heterocycles. The highest BCUT2D eigenvalue weighted by Crippen LogP contribution is 2.03. The fraction of sp³-hybridized carbons (Fsp3) is 0.143. The summed E-state index contributed by atoms with van der Waals surface area (Å²) >= 11 is 4.47. The molecule has 2 heterocycles. The van der Waals surface area contributed by atoms with Crippen molar-refractivity contribution in [2.24, 2.45) is 0 Å². The van der Waals surface area contributed by atoms with Gasteiger partial charge < -0.3 is 0 Å². The minimum Gasteiger partial charge on any atom is -0.250 e. The van der Waals surface area contributed by atoms with Crippen LogP contribution in [0.1, 0.15) is 0 Å². The highest BCUT2D eigenvalue weighted by molar-refractivity contribution is 14.1. The molecular formula is C7H6I2N4. The van der Waals surface area contributed by atoms with Gasteiger partial charge in [-0.25, -0.2) is 9.36 Å². The number of halogens is 2. The zero-order chi connectivity index (χ0) is 9.26. The molecule has 0 aliphatic heterocycles. The number of hydrogen-bond acceptors (Lipinski definition) is 2. The van der Waals surface area contributed by atoms with E-state index in [-0.39, 0.29) is 0 Å². The highest BCUT2D eigenvalue weighted by Gasteiger charge is 1.97. The molecule has 2 rings (SSSR count). The molecule has 6 heteroatoms. The summed E-state index contributed by atoms with van der Waals surface area (Å²) in [5.74, 6) is 0. The maximum Gasteiger partial charge on any atom is 0.133 e. The summed E-state index contributed by atoms with van der Waals surface area (Å²) in [6.45, 7) is 0.673. The van der Waals surface area contributed by atoms with Gasteiger partial charge in [-0.3, -0.25) is 0 Å². The molecule has 0 saturated heterocycles. The lowest BCUT2D eigenvalue weighted by molar-refractivity contribution is 0.502. The first kappa shape index (κ1) is 9.44. The van der Waals surface area contributed by atoms with Crippen molar-refractivity contribution in [3.8, 4) is 0 Å². The molecule has 0 N–H and O–H groups in total. The summed E-state index contributed by atoms with van der Waals surface area (Å²) < 4.78 is 5.98. The molecule has 0 atom stereocenters. The largest absolute Gasteiger partial charge is 0.250 e. The van der Waals surface area contributed by atoms with Crippen molar-refractivity contribution in [2.45, 2.75) is 6.67 Å². The summed E-state index contributed by atoms with van der Waals surface area (Å²) in [5, 5.41) is 8.33. The summed E-state index contributed by atoms with van der Waals surface area (Å²) in [5.41, 5.74) is 0. The number of hydrogen-bond donors (Lipinski definition) is 0. The third-order valence-corrected chi connectivity index (χ3v) is 2.61. The third-order valence-electron chi connectivity index (χ3n) is 1.49. The fourth-order valence-corrected chi connectivity index (χ4v) is 1.87. The smallest absolute Gasteiger partial charge is 0.133 e. The second-order valence-electron chi connectivity index (χ2n) is 2.54. The lowest BCUT2D eigenvalue weighted by atomic mass is 10.7. The van der Waals surface area contributed by atoms with Crippen molar-refractivity contribution in [1.29, 1.82) is 0 Å². The summed E-state index contributed by atoms with van der Waals surface area (Å²) in [6, 6.07) is 0. The van der Waals surface area contributed by atoms with Crippen LogP contribution < -0.4 is 0 Å². The topological polar surface area (TPSA) is 35.6 Å². The minimum atomic E-state index is 0.673.